The normalized spacial score (nSPS) is 17.9. The number of hydrogen-bond donors (Lipinski definition) is 1. The van der Waals surface area contributed by atoms with E-state index in [4.69, 9.17) is 5.73 Å². The molecule has 0 aliphatic heterocycles. The average molecular weight is 247 g/mol. The number of nitrogens with two attached hydrogens (primary N) is 1. The molecule has 1 saturated carbocycles. The van der Waals surface area contributed by atoms with Crippen molar-refractivity contribution in [3.8, 4) is 0 Å². The lowest BCUT2D eigenvalue weighted by molar-refractivity contribution is 0.617. The summed E-state index contributed by atoms with van der Waals surface area (Å²) in [7, 11) is 0. The topological polar surface area (TPSA) is 42.1 Å². The van der Waals surface area contributed by atoms with Crippen molar-refractivity contribution in [1.29, 1.82) is 0 Å². The predicted octanol–water partition coefficient (Wildman–Crippen LogP) is 3.26. The molecule has 3 heteroatoms. The maximum atomic E-state index is 6.00. The molecule has 1 aromatic heterocycles. The first-order valence-corrected chi connectivity index (χ1v) is 7.24. The van der Waals surface area contributed by atoms with Crippen LogP contribution in [0, 0.1) is 0 Å². The molecule has 0 spiro atoms. The van der Waals surface area contributed by atoms with E-state index in [2.05, 4.69) is 35.9 Å². The third kappa shape index (κ3) is 2.83. The zero-order valence-corrected chi connectivity index (χ0v) is 11.6. The highest BCUT2D eigenvalue weighted by Crippen LogP contribution is 2.28. The van der Waals surface area contributed by atoms with Crippen LogP contribution in [0.4, 0.5) is 5.69 Å². The van der Waals surface area contributed by atoms with Crippen LogP contribution in [0.2, 0.25) is 0 Å². The van der Waals surface area contributed by atoms with Gasteiger partial charge in [-0.15, -0.1) is 0 Å². The van der Waals surface area contributed by atoms with Crippen LogP contribution >= 0.6 is 0 Å². The molecular formula is C15H25N3. The quantitative estimate of drug-likeness (QED) is 0.868. The molecule has 3 nitrogen and oxygen atoms in total. The molecule has 1 atom stereocenters. The van der Waals surface area contributed by atoms with Crippen molar-refractivity contribution in [3.05, 3.63) is 24.0 Å². The number of rotatable bonds is 5. The Bertz CT molecular complexity index is 355. The third-order valence-corrected chi connectivity index (χ3v) is 4.03. The molecule has 1 heterocycles. The smallest absolute Gasteiger partial charge is 0.0572 e. The molecule has 2 N–H and O–H groups in total. The summed E-state index contributed by atoms with van der Waals surface area (Å²) in [5.74, 6) is 0. The lowest BCUT2D eigenvalue weighted by Gasteiger charge is -2.29. The second kappa shape index (κ2) is 6.19. The van der Waals surface area contributed by atoms with Crippen molar-refractivity contribution in [1.82, 2.24) is 4.98 Å². The fourth-order valence-corrected chi connectivity index (χ4v) is 2.86. The van der Waals surface area contributed by atoms with E-state index in [1.165, 1.54) is 31.4 Å². The van der Waals surface area contributed by atoms with Gasteiger partial charge in [-0.05, 0) is 38.3 Å². The van der Waals surface area contributed by atoms with Gasteiger partial charge in [0.25, 0.3) is 0 Å². The first kappa shape index (κ1) is 13.3. The standard InChI is InChI=1S/C15H25N3/c1-3-14(16)15-10-9-13(11-17-15)18(4-2)12-7-5-6-8-12/h9-12,14H,3-8,16H2,1-2H3/t14-/m1/s1. The molecule has 2 rings (SSSR count). The van der Waals surface area contributed by atoms with Crippen LogP contribution in [-0.4, -0.2) is 17.6 Å². The van der Waals surface area contributed by atoms with Crippen LogP contribution in [0.1, 0.15) is 57.7 Å². The maximum Gasteiger partial charge on any atom is 0.0572 e. The molecular weight excluding hydrogens is 222 g/mol. The van der Waals surface area contributed by atoms with Crippen LogP contribution in [-0.2, 0) is 0 Å². The predicted molar refractivity (Wildman–Crippen MR) is 76.7 cm³/mol. The van der Waals surface area contributed by atoms with Gasteiger partial charge >= 0.3 is 0 Å². The zero-order valence-electron chi connectivity index (χ0n) is 11.6. The summed E-state index contributed by atoms with van der Waals surface area (Å²) in [6.07, 6.45) is 8.31. The van der Waals surface area contributed by atoms with Gasteiger partial charge in [0.1, 0.15) is 0 Å². The first-order valence-electron chi connectivity index (χ1n) is 7.24. The average Bonchev–Trinajstić information content (AvgIpc) is 2.93. The fourth-order valence-electron chi connectivity index (χ4n) is 2.86. The van der Waals surface area contributed by atoms with E-state index < -0.39 is 0 Å². The second-order valence-corrected chi connectivity index (χ2v) is 5.18. The summed E-state index contributed by atoms with van der Waals surface area (Å²) >= 11 is 0. The summed E-state index contributed by atoms with van der Waals surface area (Å²) in [5, 5.41) is 0. The summed E-state index contributed by atoms with van der Waals surface area (Å²) in [6.45, 7) is 5.38. The Labute approximate surface area is 110 Å². The molecule has 0 amide bonds. The summed E-state index contributed by atoms with van der Waals surface area (Å²) in [4.78, 5) is 7.01. The lowest BCUT2D eigenvalue weighted by atomic mass is 10.1. The summed E-state index contributed by atoms with van der Waals surface area (Å²) in [6, 6.07) is 5.05. The van der Waals surface area contributed by atoms with Crippen molar-refractivity contribution in [3.63, 3.8) is 0 Å². The van der Waals surface area contributed by atoms with Crippen molar-refractivity contribution in [2.24, 2.45) is 5.73 Å². The SMILES string of the molecule is CC[C@@H](N)c1ccc(N(CC)C2CCCC2)cn1. The number of aromatic nitrogens is 1. The van der Waals surface area contributed by atoms with E-state index in [0.717, 1.165) is 18.7 Å². The molecule has 0 bridgehead atoms. The van der Waals surface area contributed by atoms with Gasteiger partial charge in [0, 0.05) is 18.6 Å². The molecule has 1 aromatic rings. The highest BCUT2D eigenvalue weighted by molar-refractivity contribution is 5.46. The van der Waals surface area contributed by atoms with E-state index in [0.29, 0.717) is 6.04 Å². The minimum atomic E-state index is 0.0700. The Morgan fingerprint density at radius 3 is 2.56 bits per heavy atom. The summed E-state index contributed by atoms with van der Waals surface area (Å²) in [5.41, 5.74) is 8.25. The van der Waals surface area contributed by atoms with Crippen molar-refractivity contribution in [2.45, 2.75) is 58.0 Å². The largest absolute Gasteiger partial charge is 0.368 e. The third-order valence-electron chi connectivity index (χ3n) is 4.03. The van der Waals surface area contributed by atoms with Crippen LogP contribution in [0.15, 0.2) is 18.3 Å². The van der Waals surface area contributed by atoms with Crippen LogP contribution in [0.25, 0.3) is 0 Å². The van der Waals surface area contributed by atoms with Crippen LogP contribution < -0.4 is 10.6 Å². The van der Waals surface area contributed by atoms with Crippen molar-refractivity contribution >= 4 is 5.69 Å². The summed E-state index contributed by atoms with van der Waals surface area (Å²) < 4.78 is 0. The van der Waals surface area contributed by atoms with Gasteiger partial charge in [0.15, 0.2) is 0 Å². The van der Waals surface area contributed by atoms with Gasteiger partial charge in [-0.2, -0.15) is 0 Å². The minimum absolute atomic E-state index is 0.0700. The van der Waals surface area contributed by atoms with Gasteiger partial charge in [-0.3, -0.25) is 4.98 Å². The van der Waals surface area contributed by atoms with E-state index in [1.54, 1.807) is 0 Å². The Hall–Kier alpha value is -1.09. The van der Waals surface area contributed by atoms with E-state index >= 15 is 0 Å². The molecule has 0 aromatic carbocycles. The van der Waals surface area contributed by atoms with Gasteiger partial charge in [0.05, 0.1) is 17.6 Å². The monoisotopic (exact) mass is 247 g/mol. The Balaban J connectivity index is 2.11. The Kier molecular flexibility index (Phi) is 4.59. The van der Waals surface area contributed by atoms with E-state index in [9.17, 15) is 0 Å². The van der Waals surface area contributed by atoms with Crippen LogP contribution in [0.5, 0.6) is 0 Å². The van der Waals surface area contributed by atoms with Crippen molar-refractivity contribution < 1.29 is 0 Å². The van der Waals surface area contributed by atoms with Crippen molar-refractivity contribution in [2.75, 3.05) is 11.4 Å². The Morgan fingerprint density at radius 2 is 2.06 bits per heavy atom. The number of nitrogens with zero attached hydrogens (tertiary/aromatic N) is 2. The second-order valence-electron chi connectivity index (χ2n) is 5.18. The van der Waals surface area contributed by atoms with Gasteiger partial charge < -0.3 is 10.6 Å². The molecule has 100 valence electrons. The zero-order chi connectivity index (χ0) is 13.0. The fraction of sp³-hybridized carbons (Fsp3) is 0.667. The highest BCUT2D eigenvalue weighted by Gasteiger charge is 2.21. The first-order chi connectivity index (χ1) is 8.76. The molecule has 18 heavy (non-hydrogen) atoms. The van der Waals surface area contributed by atoms with E-state index in [1.807, 2.05) is 6.20 Å². The van der Waals surface area contributed by atoms with Crippen LogP contribution in [0.3, 0.4) is 0 Å². The molecule has 0 radical (unpaired) electrons. The van der Waals surface area contributed by atoms with Gasteiger partial charge in [-0.1, -0.05) is 19.8 Å². The van der Waals surface area contributed by atoms with E-state index in [-0.39, 0.29) is 6.04 Å². The number of pyridine rings is 1. The van der Waals surface area contributed by atoms with Gasteiger partial charge in [0.2, 0.25) is 0 Å². The molecule has 0 saturated heterocycles. The minimum Gasteiger partial charge on any atom is -0.368 e. The highest BCUT2D eigenvalue weighted by atomic mass is 15.2. The van der Waals surface area contributed by atoms with Gasteiger partial charge in [-0.25, -0.2) is 0 Å². The maximum absolute atomic E-state index is 6.00. The number of hydrogen-bond acceptors (Lipinski definition) is 3. The molecule has 0 unspecified atom stereocenters. The Morgan fingerprint density at radius 1 is 1.33 bits per heavy atom. The molecule has 1 fully saturated rings. The molecule has 1 aliphatic rings. The lowest BCUT2D eigenvalue weighted by Crippen LogP contribution is -2.33. The molecule has 1 aliphatic carbocycles. The number of anilines is 1.